The van der Waals surface area contributed by atoms with Gasteiger partial charge >= 0.3 is 6.09 Å². The van der Waals surface area contributed by atoms with Crippen LogP contribution in [0.4, 0.5) is 4.79 Å². The molecule has 1 saturated carbocycles. The van der Waals surface area contributed by atoms with Gasteiger partial charge in [0.25, 0.3) is 5.91 Å². The van der Waals surface area contributed by atoms with E-state index >= 15 is 0 Å². The number of nitrogens with zero attached hydrogens (tertiary/aromatic N) is 2. The van der Waals surface area contributed by atoms with Crippen LogP contribution in [0.1, 0.15) is 31.2 Å². The molecule has 2 fully saturated rings. The Hall–Kier alpha value is -2.50. The smallest absolute Gasteiger partial charge is 0.428 e. The van der Waals surface area contributed by atoms with Gasteiger partial charge in [-0.2, -0.15) is 0 Å². The van der Waals surface area contributed by atoms with E-state index in [1.54, 1.807) is 18.2 Å². The molecule has 1 aliphatic carbocycles. The number of amides is 2. The maximum absolute atomic E-state index is 13.2. The number of methoxy groups -OCH3 is 1. The summed E-state index contributed by atoms with van der Waals surface area (Å²) in [6, 6.07) is 7.61. The lowest BCUT2D eigenvalue weighted by molar-refractivity contribution is -0.144. The first-order valence-corrected chi connectivity index (χ1v) is 8.64. The Labute approximate surface area is 148 Å². The molecule has 0 spiro atoms. The molecule has 2 amide bonds. The molecule has 0 N–H and O–H groups in total. The maximum Gasteiger partial charge on any atom is 0.428 e. The monoisotopic (exact) mass is 344 g/mol. The Morgan fingerprint density at radius 2 is 1.88 bits per heavy atom. The zero-order valence-corrected chi connectivity index (χ0v) is 14.6. The predicted octanol–water partition coefficient (Wildman–Crippen LogP) is 2.89. The summed E-state index contributed by atoms with van der Waals surface area (Å²) in [5.74, 6) is 0.747. The van der Waals surface area contributed by atoms with E-state index in [-0.39, 0.29) is 12.5 Å². The normalized spacial score (nSPS) is 18.0. The summed E-state index contributed by atoms with van der Waals surface area (Å²) >= 11 is 0. The van der Waals surface area contributed by atoms with Gasteiger partial charge in [0.15, 0.2) is 0 Å². The van der Waals surface area contributed by atoms with Gasteiger partial charge in [-0.3, -0.25) is 4.79 Å². The number of ether oxygens (including phenoxy) is 2. The van der Waals surface area contributed by atoms with Gasteiger partial charge in [-0.25, -0.2) is 14.8 Å². The summed E-state index contributed by atoms with van der Waals surface area (Å²) in [7, 11) is 1.62. The van der Waals surface area contributed by atoms with Gasteiger partial charge in [-0.1, -0.05) is 18.2 Å². The Bertz CT molecular complexity index is 652. The van der Waals surface area contributed by atoms with Crippen molar-refractivity contribution in [2.75, 3.05) is 26.8 Å². The number of hydrogen-bond donors (Lipinski definition) is 0. The molecule has 1 saturated heterocycles. The van der Waals surface area contributed by atoms with Crippen molar-refractivity contribution in [1.29, 1.82) is 0 Å². The van der Waals surface area contributed by atoms with Gasteiger partial charge in [0.05, 0.1) is 19.1 Å². The van der Waals surface area contributed by atoms with Crippen LogP contribution in [-0.4, -0.2) is 48.8 Å². The minimum atomic E-state index is -0.518. The minimum absolute atomic E-state index is 0.0177. The molecule has 1 heterocycles. The minimum Gasteiger partial charge on any atom is -0.497 e. The van der Waals surface area contributed by atoms with Crippen molar-refractivity contribution in [3.63, 3.8) is 0 Å². The summed E-state index contributed by atoms with van der Waals surface area (Å²) in [6.45, 7) is 4.95. The average molecular weight is 344 g/mol. The molecule has 134 valence electrons. The van der Waals surface area contributed by atoms with Gasteiger partial charge in [0.2, 0.25) is 0 Å². The molecule has 25 heavy (non-hydrogen) atoms. The van der Waals surface area contributed by atoms with Crippen molar-refractivity contribution in [3.8, 4) is 5.75 Å². The second-order valence-electron chi connectivity index (χ2n) is 6.41. The standard InChI is InChI=1S/C19H24N2O4/c1-3-4-14-25-18(23)21-13-5-12-20(21)17(22)19(10-11-19)15-6-8-16(24-2)9-7-15/h3,6-9H,1,4-5,10-14H2,2H3. The highest BCUT2D eigenvalue weighted by molar-refractivity contribution is 5.92. The Balaban J connectivity index is 1.72. The van der Waals surface area contributed by atoms with Crippen LogP contribution in [0.5, 0.6) is 5.75 Å². The molecule has 3 rings (SSSR count). The van der Waals surface area contributed by atoms with E-state index in [1.165, 1.54) is 5.01 Å². The third-order valence-electron chi connectivity index (χ3n) is 4.83. The van der Waals surface area contributed by atoms with Gasteiger partial charge in [-0.05, 0) is 43.4 Å². The van der Waals surface area contributed by atoms with Gasteiger partial charge in [0, 0.05) is 13.1 Å². The maximum atomic E-state index is 13.2. The summed E-state index contributed by atoms with van der Waals surface area (Å²) in [5, 5.41) is 3.00. The van der Waals surface area contributed by atoms with E-state index in [1.807, 2.05) is 24.3 Å². The fraction of sp³-hybridized carbons (Fsp3) is 0.474. The van der Waals surface area contributed by atoms with Crippen LogP contribution in [0.2, 0.25) is 0 Å². The fourth-order valence-corrected chi connectivity index (χ4v) is 3.22. The van der Waals surface area contributed by atoms with Gasteiger partial charge < -0.3 is 9.47 Å². The van der Waals surface area contributed by atoms with Crippen LogP contribution >= 0.6 is 0 Å². The Morgan fingerprint density at radius 3 is 2.48 bits per heavy atom. The molecule has 6 nitrogen and oxygen atoms in total. The van der Waals surface area contributed by atoms with Crippen molar-refractivity contribution in [2.24, 2.45) is 0 Å². The lowest BCUT2D eigenvalue weighted by Gasteiger charge is -2.30. The van der Waals surface area contributed by atoms with E-state index in [0.29, 0.717) is 19.5 Å². The molecule has 0 bridgehead atoms. The van der Waals surface area contributed by atoms with Crippen LogP contribution in [0.25, 0.3) is 0 Å². The van der Waals surface area contributed by atoms with Crippen molar-refractivity contribution in [2.45, 2.75) is 31.1 Å². The lowest BCUT2D eigenvalue weighted by atomic mass is 9.94. The van der Waals surface area contributed by atoms with Crippen LogP contribution < -0.4 is 4.74 Å². The van der Waals surface area contributed by atoms with Crippen LogP contribution in [-0.2, 0) is 14.9 Å². The zero-order chi connectivity index (χ0) is 17.9. The summed E-state index contributed by atoms with van der Waals surface area (Å²) < 4.78 is 10.4. The average Bonchev–Trinajstić information content (AvgIpc) is 3.30. The van der Waals surface area contributed by atoms with Crippen molar-refractivity contribution in [3.05, 3.63) is 42.5 Å². The predicted molar refractivity (Wildman–Crippen MR) is 93.1 cm³/mol. The van der Waals surface area contributed by atoms with Crippen LogP contribution in [0.3, 0.4) is 0 Å². The van der Waals surface area contributed by atoms with Gasteiger partial charge in [0.1, 0.15) is 5.75 Å². The molecule has 0 unspecified atom stereocenters. The highest BCUT2D eigenvalue weighted by atomic mass is 16.6. The van der Waals surface area contributed by atoms with Crippen molar-refractivity contribution in [1.82, 2.24) is 10.0 Å². The first-order chi connectivity index (χ1) is 12.1. The first kappa shape index (κ1) is 17.3. The third kappa shape index (κ3) is 3.34. The number of benzene rings is 1. The topological polar surface area (TPSA) is 59.1 Å². The number of hydrazine groups is 1. The Morgan fingerprint density at radius 1 is 1.20 bits per heavy atom. The summed E-state index contributed by atoms with van der Waals surface area (Å²) in [5.41, 5.74) is 0.459. The van der Waals surface area contributed by atoms with E-state index in [4.69, 9.17) is 9.47 Å². The number of carbonyl (C=O) groups excluding carboxylic acids is 2. The second-order valence-corrected chi connectivity index (χ2v) is 6.41. The number of carbonyl (C=O) groups is 2. The highest BCUT2D eigenvalue weighted by Crippen LogP contribution is 2.50. The van der Waals surface area contributed by atoms with Crippen molar-refractivity contribution < 1.29 is 19.1 Å². The molecule has 1 aromatic rings. The lowest BCUT2D eigenvalue weighted by Crippen LogP contribution is -2.49. The summed E-state index contributed by atoms with van der Waals surface area (Å²) in [4.78, 5) is 25.4. The first-order valence-electron chi connectivity index (χ1n) is 8.64. The van der Waals surface area contributed by atoms with E-state index in [9.17, 15) is 9.59 Å². The quantitative estimate of drug-likeness (QED) is 0.588. The van der Waals surface area contributed by atoms with Crippen molar-refractivity contribution >= 4 is 12.0 Å². The molecule has 0 atom stereocenters. The zero-order valence-electron chi connectivity index (χ0n) is 14.6. The van der Waals surface area contributed by atoms with E-state index in [0.717, 1.165) is 30.6 Å². The fourth-order valence-electron chi connectivity index (χ4n) is 3.22. The highest BCUT2D eigenvalue weighted by Gasteiger charge is 2.55. The second kappa shape index (κ2) is 7.17. The molecule has 1 aromatic carbocycles. The molecule has 0 radical (unpaired) electrons. The molecular weight excluding hydrogens is 320 g/mol. The molecule has 2 aliphatic rings. The third-order valence-corrected chi connectivity index (χ3v) is 4.83. The molecule has 1 aliphatic heterocycles. The SMILES string of the molecule is C=CCCOC(=O)N1CCCN1C(=O)C1(c2ccc(OC)cc2)CC1. The molecule has 6 heteroatoms. The van der Waals surface area contributed by atoms with E-state index < -0.39 is 11.5 Å². The van der Waals surface area contributed by atoms with Gasteiger partial charge in [-0.15, -0.1) is 6.58 Å². The number of rotatable bonds is 6. The van der Waals surface area contributed by atoms with E-state index in [2.05, 4.69) is 6.58 Å². The summed E-state index contributed by atoms with van der Waals surface area (Å²) in [6.07, 6.45) is 4.20. The largest absolute Gasteiger partial charge is 0.497 e. The number of hydrogen-bond acceptors (Lipinski definition) is 4. The molecular formula is C19H24N2O4. The van der Waals surface area contributed by atoms with Crippen LogP contribution in [0, 0.1) is 0 Å². The molecule has 0 aromatic heterocycles. The van der Waals surface area contributed by atoms with Crippen LogP contribution in [0.15, 0.2) is 36.9 Å². The Kier molecular flexibility index (Phi) is 4.97.